The Morgan fingerprint density at radius 3 is 2.52 bits per heavy atom. The Kier molecular flexibility index (Phi) is 4.99. The first-order valence-electron chi connectivity index (χ1n) is 6.28. The number of hydrogen-bond donors (Lipinski definition) is 1. The standard InChI is InChI=1S/C15H12Cl2O6/c1-21-13(18)8-6-10(9-4-3-5-11(16)12(9)17)15(20,23-7-8)14(19)22-2/h3-7,20H,1-2H3. The molecule has 1 unspecified atom stereocenters. The van der Waals surface area contributed by atoms with Crippen LogP contribution in [-0.4, -0.2) is 37.1 Å². The van der Waals surface area contributed by atoms with E-state index in [4.69, 9.17) is 27.9 Å². The van der Waals surface area contributed by atoms with Crippen molar-refractivity contribution < 1.29 is 28.9 Å². The highest BCUT2D eigenvalue weighted by atomic mass is 35.5. The molecule has 0 fully saturated rings. The zero-order valence-electron chi connectivity index (χ0n) is 12.1. The van der Waals surface area contributed by atoms with Gasteiger partial charge in [-0.15, -0.1) is 0 Å². The molecule has 1 atom stereocenters. The van der Waals surface area contributed by atoms with Crippen molar-refractivity contribution in [3.63, 3.8) is 0 Å². The molecule has 0 amide bonds. The normalized spacial score (nSPS) is 20.0. The van der Waals surface area contributed by atoms with E-state index in [2.05, 4.69) is 9.47 Å². The third-order valence-corrected chi connectivity index (χ3v) is 3.97. The highest BCUT2D eigenvalue weighted by Crippen LogP contribution is 2.40. The summed E-state index contributed by atoms with van der Waals surface area (Å²) in [6.07, 6.45) is 2.13. The van der Waals surface area contributed by atoms with Gasteiger partial charge in [0.25, 0.3) is 0 Å². The number of benzene rings is 1. The van der Waals surface area contributed by atoms with Gasteiger partial charge in [-0.3, -0.25) is 0 Å². The minimum Gasteiger partial charge on any atom is -0.465 e. The van der Waals surface area contributed by atoms with Crippen LogP contribution >= 0.6 is 23.2 Å². The van der Waals surface area contributed by atoms with E-state index in [1.54, 1.807) is 6.07 Å². The second kappa shape index (κ2) is 6.62. The molecule has 0 radical (unpaired) electrons. The van der Waals surface area contributed by atoms with Crippen molar-refractivity contribution in [2.75, 3.05) is 14.2 Å². The minimum atomic E-state index is -2.47. The summed E-state index contributed by atoms with van der Waals surface area (Å²) in [5.41, 5.74) is 0.0911. The largest absolute Gasteiger partial charge is 0.465 e. The van der Waals surface area contributed by atoms with Crippen molar-refractivity contribution in [3.05, 3.63) is 51.7 Å². The molecule has 0 saturated heterocycles. The quantitative estimate of drug-likeness (QED) is 0.835. The van der Waals surface area contributed by atoms with Crippen molar-refractivity contribution in [1.29, 1.82) is 0 Å². The maximum Gasteiger partial charge on any atom is 0.384 e. The van der Waals surface area contributed by atoms with Gasteiger partial charge in [0.1, 0.15) is 6.26 Å². The van der Waals surface area contributed by atoms with Gasteiger partial charge in [0, 0.05) is 11.1 Å². The fourth-order valence-electron chi connectivity index (χ4n) is 1.99. The van der Waals surface area contributed by atoms with Crippen LogP contribution in [0.4, 0.5) is 0 Å². The van der Waals surface area contributed by atoms with Crippen molar-refractivity contribution in [1.82, 2.24) is 0 Å². The summed E-state index contributed by atoms with van der Waals surface area (Å²) < 4.78 is 14.2. The number of aliphatic hydroxyl groups is 1. The average molecular weight is 359 g/mol. The summed E-state index contributed by atoms with van der Waals surface area (Å²) in [6, 6.07) is 4.61. The molecule has 23 heavy (non-hydrogen) atoms. The third-order valence-electron chi connectivity index (χ3n) is 3.15. The fraction of sp³-hybridized carbons (Fsp3) is 0.200. The number of carbonyl (C=O) groups excluding carboxylic acids is 2. The lowest BCUT2D eigenvalue weighted by Gasteiger charge is -2.30. The number of hydrogen-bond acceptors (Lipinski definition) is 6. The number of halogens is 2. The summed E-state index contributed by atoms with van der Waals surface area (Å²) in [7, 11) is 2.27. The van der Waals surface area contributed by atoms with Crippen LogP contribution in [0.25, 0.3) is 5.57 Å². The number of rotatable bonds is 3. The van der Waals surface area contributed by atoms with Gasteiger partial charge in [-0.1, -0.05) is 35.3 Å². The van der Waals surface area contributed by atoms with Crippen molar-refractivity contribution in [3.8, 4) is 0 Å². The predicted octanol–water partition coefficient (Wildman–Crippen LogP) is 2.33. The molecular formula is C15H12Cl2O6. The molecule has 8 heteroatoms. The fourth-order valence-corrected chi connectivity index (χ4v) is 2.40. The summed E-state index contributed by atoms with van der Waals surface area (Å²) in [4.78, 5) is 23.6. The third kappa shape index (κ3) is 3.06. The smallest absolute Gasteiger partial charge is 0.384 e. The van der Waals surface area contributed by atoms with Gasteiger partial charge in [0.05, 0.1) is 29.8 Å². The van der Waals surface area contributed by atoms with E-state index in [-0.39, 0.29) is 26.8 Å². The Morgan fingerprint density at radius 1 is 1.22 bits per heavy atom. The molecule has 0 saturated carbocycles. The molecule has 1 aromatic rings. The van der Waals surface area contributed by atoms with E-state index in [9.17, 15) is 14.7 Å². The number of esters is 2. The average Bonchev–Trinajstić information content (AvgIpc) is 2.56. The van der Waals surface area contributed by atoms with Crippen LogP contribution in [0.3, 0.4) is 0 Å². The molecule has 1 aliphatic heterocycles. The lowest BCUT2D eigenvalue weighted by Crippen LogP contribution is -2.44. The molecule has 6 nitrogen and oxygen atoms in total. The van der Waals surface area contributed by atoms with Crippen LogP contribution in [0, 0.1) is 0 Å². The molecule has 122 valence electrons. The van der Waals surface area contributed by atoms with Crippen LogP contribution in [0.5, 0.6) is 0 Å². The predicted molar refractivity (Wildman–Crippen MR) is 82.6 cm³/mol. The van der Waals surface area contributed by atoms with Gasteiger partial charge in [-0.2, -0.15) is 0 Å². The Morgan fingerprint density at radius 2 is 1.91 bits per heavy atom. The Bertz CT molecular complexity index is 725. The molecule has 0 aliphatic carbocycles. The van der Waals surface area contributed by atoms with Crippen molar-refractivity contribution in [2.45, 2.75) is 5.79 Å². The zero-order valence-corrected chi connectivity index (χ0v) is 13.6. The monoisotopic (exact) mass is 358 g/mol. The molecular weight excluding hydrogens is 347 g/mol. The maximum atomic E-state index is 12.0. The first-order chi connectivity index (χ1) is 10.8. The Balaban J connectivity index is 2.65. The summed E-state index contributed by atoms with van der Waals surface area (Å²) >= 11 is 12.1. The SMILES string of the molecule is COC(=O)C1=COC(O)(C(=O)OC)C(c2cccc(Cl)c2Cl)=C1. The van der Waals surface area contributed by atoms with E-state index in [0.29, 0.717) is 0 Å². The summed E-state index contributed by atoms with van der Waals surface area (Å²) in [5, 5.41) is 10.9. The van der Waals surface area contributed by atoms with Gasteiger partial charge in [-0.05, 0) is 12.1 Å². The molecule has 0 bridgehead atoms. The minimum absolute atomic E-state index is 0.0212. The van der Waals surface area contributed by atoms with Crippen LogP contribution in [0.2, 0.25) is 10.0 Å². The lowest BCUT2D eigenvalue weighted by atomic mass is 9.93. The van der Waals surface area contributed by atoms with E-state index in [1.165, 1.54) is 25.3 Å². The van der Waals surface area contributed by atoms with Crippen LogP contribution < -0.4 is 0 Å². The van der Waals surface area contributed by atoms with Gasteiger partial charge >= 0.3 is 17.7 Å². The van der Waals surface area contributed by atoms with E-state index in [0.717, 1.165) is 13.4 Å². The first kappa shape index (κ1) is 17.3. The molecule has 0 aromatic heterocycles. The number of carbonyl (C=O) groups is 2. The first-order valence-corrected chi connectivity index (χ1v) is 7.04. The van der Waals surface area contributed by atoms with Gasteiger partial charge in [-0.25, -0.2) is 9.59 Å². The van der Waals surface area contributed by atoms with Crippen molar-refractivity contribution >= 4 is 40.7 Å². The molecule has 1 aliphatic rings. The van der Waals surface area contributed by atoms with E-state index in [1.807, 2.05) is 0 Å². The van der Waals surface area contributed by atoms with E-state index >= 15 is 0 Å². The molecule has 1 heterocycles. The van der Waals surface area contributed by atoms with Crippen LogP contribution in [0.15, 0.2) is 36.1 Å². The topological polar surface area (TPSA) is 82.1 Å². The molecule has 1 N–H and O–H groups in total. The zero-order chi connectivity index (χ0) is 17.2. The van der Waals surface area contributed by atoms with Gasteiger partial charge in [0.15, 0.2) is 0 Å². The van der Waals surface area contributed by atoms with Crippen LogP contribution in [-0.2, 0) is 23.8 Å². The summed E-state index contributed by atoms with van der Waals surface area (Å²) in [5.74, 6) is -4.27. The van der Waals surface area contributed by atoms with Gasteiger partial charge in [0.2, 0.25) is 0 Å². The number of ether oxygens (including phenoxy) is 3. The summed E-state index contributed by atoms with van der Waals surface area (Å²) in [6.45, 7) is 0. The van der Waals surface area contributed by atoms with Crippen LogP contribution in [0.1, 0.15) is 5.56 Å². The Hall–Kier alpha value is -2.02. The van der Waals surface area contributed by atoms with Gasteiger partial charge < -0.3 is 19.3 Å². The van der Waals surface area contributed by atoms with Crippen molar-refractivity contribution in [2.24, 2.45) is 0 Å². The molecule has 1 aromatic carbocycles. The number of methoxy groups -OCH3 is 2. The highest BCUT2D eigenvalue weighted by Gasteiger charge is 2.47. The molecule has 0 spiro atoms. The second-order valence-corrected chi connectivity index (χ2v) is 5.26. The molecule has 2 rings (SSSR count). The Labute approximate surface area is 141 Å². The lowest BCUT2D eigenvalue weighted by molar-refractivity contribution is -0.190. The second-order valence-electron chi connectivity index (χ2n) is 4.48. The maximum absolute atomic E-state index is 12.0. The van der Waals surface area contributed by atoms with E-state index < -0.39 is 17.7 Å². The highest BCUT2D eigenvalue weighted by molar-refractivity contribution is 6.43.